The van der Waals surface area contributed by atoms with Gasteiger partial charge in [-0.15, -0.1) is 0 Å². The molecular formula is C18H14N4O4. The van der Waals surface area contributed by atoms with Gasteiger partial charge in [-0.2, -0.15) is 0 Å². The van der Waals surface area contributed by atoms with Gasteiger partial charge in [-0.05, 0) is 36.4 Å². The van der Waals surface area contributed by atoms with E-state index < -0.39 is 24.4 Å². The highest BCUT2D eigenvalue weighted by Gasteiger charge is 2.13. The van der Waals surface area contributed by atoms with E-state index >= 15 is 0 Å². The highest BCUT2D eigenvalue weighted by atomic mass is 16.5. The number of amides is 2. The molecule has 0 atom stereocenters. The second kappa shape index (κ2) is 7.39. The number of ether oxygens (including phenoxy) is 1. The first kappa shape index (κ1) is 17.0. The molecule has 8 heteroatoms. The van der Waals surface area contributed by atoms with Crippen molar-refractivity contribution in [2.75, 3.05) is 11.9 Å². The van der Waals surface area contributed by atoms with Crippen molar-refractivity contribution in [2.24, 2.45) is 5.73 Å². The van der Waals surface area contributed by atoms with Crippen molar-refractivity contribution in [3.8, 4) is 0 Å². The maximum absolute atomic E-state index is 12.0. The van der Waals surface area contributed by atoms with Crippen molar-refractivity contribution in [1.29, 1.82) is 0 Å². The lowest BCUT2D eigenvalue weighted by molar-refractivity contribution is -0.119. The molecule has 0 radical (unpaired) electrons. The lowest BCUT2D eigenvalue weighted by Gasteiger charge is -2.07. The van der Waals surface area contributed by atoms with E-state index in [4.69, 9.17) is 10.5 Å². The number of hydrogen-bond donors (Lipinski definition) is 2. The topological polar surface area (TPSA) is 124 Å². The Morgan fingerprint density at radius 2 is 1.69 bits per heavy atom. The molecule has 2 aromatic carbocycles. The van der Waals surface area contributed by atoms with Crippen LogP contribution >= 0.6 is 0 Å². The highest BCUT2D eigenvalue weighted by molar-refractivity contribution is 5.96. The highest BCUT2D eigenvalue weighted by Crippen LogP contribution is 2.10. The van der Waals surface area contributed by atoms with Gasteiger partial charge in [-0.25, -0.2) is 9.78 Å². The summed E-state index contributed by atoms with van der Waals surface area (Å²) < 4.78 is 4.95. The lowest BCUT2D eigenvalue weighted by atomic mass is 10.2. The standard InChI is InChI=1S/C18H14N4O4/c19-17(24)11-5-7-12(8-6-11)21-16(23)10-26-18(25)15-9-20-13-3-1-2-4-14(13)22-15/h1-9H,10H2,(H2,19,24)(H,21,23). The summed E-state index contributed by atoms with van der Waals surface area (Å²) in [6.07, 6.45) is 1.30. The number of esters is 1. The first-order valence-corrected chi connectivity index (χ1v) is 7.61. The van der Waals surface area contributed by atoms with Crippen molar-refractivity contribution < 1.29 is 19.1 Å². The van der Waals surface area contributed by atoms with Gasteiger partial charge in [0, 0.05) is 11.3 Å². The summed E-state index contributed by atoms with van der Waals surface area (Å²) >= 11 is 0. The van der Waals surface area contributed by atoms with E-state index in [-0.39, 0.29) is 5.69 Å². The third-order valence-electron chi connectivity index (χ3n) is 3.45. The molecule has 1 heterocycles. The number of rotatable bonds is 5. The van der Waals surface area contributed by atoms with Crippen LogP contribution in [-0.2, 0) is 9.53 Å². The van der Waals surface area contributed by atoms with Crippen LogP contribution in [0.25, 0.3) is 11.0 Å². The number of nitrogens with one attached hydrogen (secondary N) is 1. The summed E-state index contributed by atoms with van der Waals surface area (Å²) in [4.78, 5) is 43.1. The number of anilines is 1. The second-order valence-electron chi connectivity index (χ2n) is 5.31. The maximum Gasteiger partial charge on any atom is 0.359 e. The van der Waals surface area contributed by atoms with Gasteiger partial charge >= 0.3 is 5.97 Å². The minimum Gasteiger partial charge on any atom is -0.451 e. The van der Waals surface area contributed by atoms with Crippen molar-refractivity contribution in [3.05, 3.63) is 66.0 Å². The largest absolute Gasteiger partial charge is 0.451 e. The summed E-state index contributed by atoms with van der Waals surface area (Å²) in [5.74, 6) is -1.84. The maximum atomic E-state index is 12.0. The van der Waals surface area contributed by atoms with Crippen LogP contribution in [-0.4, -0.2) is 34.4 Å². The van der Waals surface area contributed by atoms with E-state index in [2.05, 4.69) is 15.3 Å². The van der Waals surface area contributed by atoms with Gasteiger partial charge in [0.2, 0.25) is 5.91 Å². The molecule has 0 unspecified atom stereocenters. The third kappa shape index (κ3) is 3.99. The van der Waals surface area contributed by atoms with Crippen molar-refractivity contribution >= 4 is 34.5 Å². The number of nitrogens with two attached hydrogens (primary N) is 1. The zero-order chi connectivity index (χ0) is 18.5. The van der Waals surface area contributed by atoms with Crippen LogP contribution in [0.2, 0.25) is 0 Å². The van der Waals surface area contributed by atoms with E-state index in [0.717, 1.165) is 0 Å². The smallest absolute Gasteiger partial charge is 0.359 e. The SMILES string of the molecule is NC(=O)c1ccc(NC(=O)COC(=O)c2cnc3ccccc3n2)cc1. The molecule has 0 fully saturated rings. The third-order valence-corrected chi connectivity index (χ3v) is 3.45. The molecule has 26 heavy (non-hydrogen) atoms. The Morgan fingerprint density at radius 1 is 1.00 bits per heavy atom. The molecule has 3 aromatic rings. The number of carbonyl (C=O) groups is 3. The number of para-hydroxylation sites is 2. The van der Waals surface area contributed by atoms with Crippen LogP contribution in [0.4, 0.5) is 5.69 Å². The van der Waals surface area contributed by atoms with Crippen LogP contribution in [0.15, 0.2) is 54.7 Å². The molecule has 0 aliphatic carbocycles. The molecule has 0 aliphatic heterocycles. The molecule has 3 N–H and O–H groups in total. The molecule has 0 aliphatic rings. The number of aromatic nitrogens is 2. The monoisotopic (exact) mass is 350 g/mol. The Labute approximate surface area is 148 Å². The Morgan fingerprint density at radius 3 is 2.38 bits per heavy atom. The van der Waals surface area contributed by atoms with E-state index in [1.807, 2.05) is 6.07 Å². The number of fused-ring (bicyclic) bond motifs is 1. The Hall–Kier alpha value is -3.81. The Kier molecular flexibility index (Phi) is 4.84. The van der Waals surface area contributed by atoms with Crippen LogP contribution in [0.5, 0.6) is 0 Å². The quantitative estimate of drug-likeness (QED) is 0.672. The minimum absolute atomic E-state index is 0.0160. The van der Waals surface area contributed by atoms with Crippen LogP contribution in [0, 0.1) is 0 Å². The average molecular weight is 350 g/mol. The van der Waals surface area contributed by atoms with Crippen molar-refractivity contribution in [2.45, 2.75) is 0 Å². The normalized spacial score (nSPS) is 10.3. The van der Waals surface area contributed by atoms with Crippen LogP contribution in [0.1, 0.15) is 20.8 Å². The van der Waals surface area contributed by atoms with Gasteiger partial charge in [0.05, 0.1) is 17.2 Å². The predicted octanol–water partition coefficient (Wildman–Crippen LogP) is 1.52. The van der Waals surface area contributed by atoms with Crippen LogP contribution in [0.3, 0.4) is 0 Å². The molecular weight excluding hydrogens is 336 g/mol. The van der Waals surface area contributed by atoms with E-state index in [1.54, 1.807) is 18.2 Å². The fourth-order valence-corrected chi connectivity index (χ4v) is 2.18. The summed E-state index contributed by atoms with van der Waals surface area (Å²) in [5, 5.41) is 2.54. The summed E-state index contributed by atoms with van der Waals surface area (Å²) in [6, 6.07) is 13.1. The summed E-state index contributed by atoms with van der Waals surface area (Å²) in [6.45, 7) is -0.481. The number of benzene rings is 2. The Bertz CT molecular complexity index is 986. The first-order chi connectivity index (χ1) is 12.5. The molecule has 0 saturated heterocycles. The fraction of sp³-hybridized carbons (Fsp3) is 0.0556. The molecule has 8 nitrogen and oxygen atoms in total. The zero-order valence-corrected chi connectivity index (χ0v) is 13.5. The molecule has 0 saturated carbocycles. The van der Waals surface area contributed by atoms with E-state index in [9.17, 15) is 14.4 Å². The molecule has 0 spiro atoms. The Balaban J connectivity index is 1.57. The predicted molar refractivity (Wildman–Crippen MR) is 93.4 cm³/mol. The van der Waals surface area contributed by atoms with Gasteiger partial charge in [-0.3, -0.25) is 14.6 Å². The number of primary amides is 1. The van der Waals surface area contributed by atoms with Crippen molar-refractivity contribution in [1.82, 2.24) is 9.97 Å². The van der Waals surface area contributed by atoms with E-state index in [0.29, 0.717) is 22.3 Å². The van der Waals surface area contributed by atoms with Gasteiger partial charge in [0.15, 0.2) is 12.3 Å². The average Bonchev–Trinajstić information content (AvgIpc) is 2.66. The van der Waals surface area contributed by atoms with Gasteiger partial charge < -0.3 is 15.8 Å². The molecule has 2 amide bonds. The lowest BCUT2D eigenvalue weighted by Crippen LogP contribution is -2.21. The fourth-order valence-electron chi connectivity index (χ4n) is 2.18. The van der Waals surface area contributed by atoms with Gasteiger partial charge in [-0.1, -0.05) is 12.1 Å². The first-order valence-electron chi connectivity index (χ1n) is 7.61. The number of nitrogens with zero attached hydrogens (tertiary/aromatic N) is 2. The molecule has 0 bridgehead atoms. The molecule has 3 rings (SSSR count). The number of carbonyl (C=O) groups excluding carboxylic acids is 3. The van der Waals surface area contributed by atoms with E-state index in [1.165, 1.54) is 30.5 Å². The van der Waals surface area contributed by atoms with Crippen molar-refractivity contribution in [3.63, 3.8) is 0 Å². The molecule has 130 valence electrons. The van der Waals surface area contributed by atoms with Gasteiger partial charge in [0.1, 0.15) is 0 Å². The van der Waals surface area contributed by atoms with Gasteiger partial charge in [0.25, 0.3) is 5.91 Å². The number of hydrogen-bond acceptors (Lipinski definition) is 6. The summed E-state index contributed by atoms with van der Waals surface area (Å²) in [7, 11) is 0. The summed E-state index contributed by atoms with van der Waals surface area (Å²) in [5.41, 5.74) is 7.14. The second-order valence-corrected chi connectivity index (χ2v) is 5.31. The van der Waals surface area contributed by atoms with Crippen LogP contribution < -0.4 is 11.1 Å². The minimum atomic E-state index is -0.748. The molecule has 1 aromatic heterocycles. The zero-order valence-electron chi connectivity index (χ0n) is 13.5.